The first-order valence-corrected chi connectivity index (χ1v) is 5.71. The van der Waals surface area contributed by atoms with Crippen molar-refractivity contribution in [3.05, 3.63) is 34.4 Å². The molecular formula is C10H9Cl2N5O. The quantitative estimate of drug-likeness (QED) is 0.901. The molecule has 1 heterocycles. The Morgan fingerprint density at radius 1 is 1.39 bits per heavy atom. The maximum atomic E-state index is 11.7. The number of anilines is 2. The highest BCUT2D eigenvalue weighted by Gasteiger charge is 2.10. The minimum atomic E-state index is -0.324. The molecule has 94 valence electrons. The third-order valence-corrected chi connectivity index (χ3v) is 2.72. The number of rotatable bonds is 3. The smallest absolute Gasteiger partial charge is 0.246 e. The van der Waals surface area contributed by atoms with Gasteiger partial charge in [0.25, 0.3) is 0 Å². The molecule has 2 aromatic rings. The number of nitrogen functional groups attached to an aromatic ring is 1. The van der Waals surface area contributed by atoms with Crippen LogP contribution in [0, 0.1) is 0 Å². The predicted octanol–water partition coefficient (Wildman–Crippen LogP) is 1.81. The number of nitrogens with one attached hydrogen (secondary N) is 1. The molecule has 2 rings (SSSR count). The number of benzene rings is 1. The minimum absolute atomic E-state index is 0.0221. The molecule has 0 aliphatic rings. The first-order chi connectivity index (χ1) is 8.56. The van der Waals surface area contributed by atoms with Gasteiger partial charge in [-0.15, -0.1) is 5.10 Å². The lowest BCUT2D eigenvalue weighted by Gasteiger charge is -2.08. The summed E-state index contributed by atoms with van der Waals surface area (Å²) in [6.07, 6.45) is 1.45. The van der Waals surface area contributed by atoms with Crippen molar-refractivity contribution in [3.63, 3.8) is 0 Å². The molecule has 0 aliphatic carbocycles. The van der Waals surface area contributed by atoms with Gasteiger partial charge in [-0.25, -0.2) is 4.68 Å². The van der Waals surface area contributed by atoms with Gasteiger partial charge in [-0.1, -0.05) is 34.5 Å². The van der Waals surface area contributed by atoms with E-state index in [0.29, 0.717) is 15.7 Å². The molecule has 0 bridgehead atoms. The zero-order chi connectivity index (χ0) is 13.1. The zero-order valence-electron chi connectivity index (χ0n) is 9.10. The molecular weight excluding hydrogens is 277 g/mol. The summed E-state index contributed by atoms with van der Waals surface area (Å²) in [6.45, 7) is -0.0221. The van der Waals surface area contributed by atoms with Crippen molar-refractivity contribution in [1.82, 2.24) is 15.0 Å². The van der Waals surface area contributed by atoms with Gasteiger partial charge in [0.1, 0.15) is 6.54 Å². The van der Waals surface area contributed by atoms with Gasteiger partial charge in [-0.05, 0) is 12.1 Å². The van der Waals surface area contributed by atoms with Crippen LogP contribution in [0.4, 0.5) is 11.5 Å². The molecule has 1 aromatic carbocycles. The fraction of sp³-hybridized carbons (Fsp3) is 0.100. The fourth-order valence-corrected chi connectivity index (χ4v) is 1.83. The fourth-order valence-electron chi connectivity index (χ4n) is 1.33. The number of halogens is 2. The number of carbonyl (C=O) groups excluding carboxylic acids is 1. The van der Waals surface area contributed by atoms with Crippen LogP contribution in [0.25, 0.3) is 0 Å². The standard InChI is InChI=1S/C10H9Cl2N5O/c11-6-2-1-3-7(12)10(6)14-9(18)5-17-4-8(13)15-16-17/h1-4H,5,13H2,(H,14,18). The van der Waals surface area contributed by atoms with E-state index >= 15 is 0 Å². The Morgan fingerprint density at radius 3 is 2.61 bits per heavy atom. The van der Waals surface area contributed by atoms with Gasteiger partial charge in [-0.2, -0.15) is 0 Å². The summed E-state index contributed by atoms with van der Waals surface area (Å²) >= 11 is 11.9. The molecule has 0 fully saturated rings. The van der Waals surface area contributed by atoms with E-state index in [2.05, 4.69) is 15.6 Å². The zero-order valence-corrected chi connectivity index (χ0v) is 10.6. The van der Waals surface area contributed by atoms with Crippen molar-refractivity contribution in [2.24, 2.45) is 0 Å². The van der Waals surface area contributed by atoms with Crippen molar-refractivity contribution in [2.75, 3.05) is 11.1 Å². The van der Waals surface area contributed by atoms with Crippen LogP contribution in [0.1, 0.15) is 0 Å². The molecule has 0 spiro atoms. The largest absolute Gasteiger partial charge is 0.381 e. The van der Waals surface area contributed by atoms with E-state index in [9.17, 15) is 4.79 Å². The molecule has 0 saturated carbocycles. The Labute approximate surface area is 113 Å². The topological polar surface area (TPSA) is 85.8 Å². The molecule has 0 atom stereocenters. The molecule has 1 amide bonds. The average molecular weight is 286 g/mol. The van der Waals surface area contributed by atoms with E-state index in [1.807, 2.05) is 0 Å². The number of amides is 1. The van der Waals surface area contributed by atoms with E-state index in [-0.39, 0.29) is 18.3 Å². The van der Waals surface area contributed by atoms with E-state index in [4.69, 9.17) is 28.9 Å². The van der Waals surface area contributed by atoms with Gasteiger partial charge in [-0.3, -0.25) is 4.79 Å². The number of hydrogen-bond acceptors (Lipinski definition) is 4. The molecule has 0 saturated heterocycles. The molecule has 0 aliphatic heterocycles. The second kappa shape index (κ2) is 5.24. The van der Waals surface area contributed by atoms with Gasteiger partial charge in [0.15, 0.2) is 5.82 Å². The highest BCUT2D eigenvalue weighted by atomic mass is 35.5. The average Bonchev–Trinajstić information content (AvgIpc) is 2.69. The summed E-state index contributed by atoms with van der Waals surface area (Å²) in [7, 11) is 0. The number of para-hydroxylation sites is 1. The van der Waals surface area contributed by atoms with Crippen LogP contribution in [0.2, 0.25) is 10.0 Å². The lowest BCUT2D eigenvalue weighted by molar-refractivity contribution is -0.116. The third-order valence-electron chi connectivity index (χ3n) is 2.09. The highest BCUT2D eigenvalue weighted by molar-refractivity contribution is 6.39. The Hall–Kier alpha value is -1.79. The van der Waals surface area contributed by atoms with Crippen LogP contribution in [0.3, 0.4) is 0 Å². The molecule has 1 aromatic heterocycles. The van der Waals surface area contributed by atoms with Crippen molar-refractivity contribution < 1.29 is 4.79 Å². The molecule has 0 unspecified atom stereocenters. The Kier molecular flexibility index (Phi) is 3.69. The van der Waals surface area contributed by atoms with Gasteiger partial charge < -0.3 is 11.1 Å². The van der Waals surface area contributed by atoms with E-state index < -0.39 is 0 Å². The lowest BCUT2D eigenvalue weighted by Crippen LogP contribution is -2.19. The van der Waals surface area contributed by atoms with Crippen LogP contribution in [-0.2, 0) is 11.3 Å². The van der Waals surface area contributed by atoms with Crippen molar-refractivity contribution in [1.29, 1.82) is 0 Å². The molecule has 8 heteroatoms. The number of hydrogen-bond donors (Lipinski definition) is 2. The van der Waals surface area contributed by atoms with Crippen LogP contribution < -0.4 is 11.1 Å². The highest BCUT2D eigenvalue weighted by Crippen LogP contribution is 2.29. The number of nitrogens with two attached hydrogens (primary N) is 1. The first kappa shape index (κ1) is 12.7. The Morgan fingerprint density at radius 2 is 2.06 bits per heavy atom. The van der Waals surface area contributed by atoms with Crippen LogP contribution in [0.15, 0.2) is 24.4 Å². The number of aromatic nitrogens is 3. The second-order valence-corrected chi connectivity index (χ2v) is 4.30. The van der Waals surface area contributed by atoms with Gasteiger partial charge >= 0.3 is 0 Å². The van der Waals surface area contributed by atoms with Crippen molar-refractivity contribution in [2.45, 2.75) is 6.54 Å². The molecule has 6 nitrogen and oxygen atoms in total. The SMILES string of the molecule is Nc1cn(CC(=O)Nc2c(Cl)cccc2Cl)nn1. The van der Waals surface area contributed by atoms with E-state index in [1.165, 1.54) is 10.9 Å². The predicted molar refractivity (Wildman–Crippen MR) is 69.5 cm³/mol. The Balaban J connectivity index is 2.08. The molecule has 18 heavy (non-hydrogen) atoms. The first-order valence-electron chi connectivity index (χ1n) is 4.96. The normalized spacial score (nSPS) is 10.3. The van der Waals surface area contributed by atoms with Crippen molar-refractivity contribution in [3.8, 4) is 0 Å². The van der Waals surface area contributed by atoms with E-state index in [0.717, 1.165) is 0 Å². The summed E-state index contributed by atoms with van der Waals surface area (Å²) in [5, 5.41) is 10.6. The lowest BCUT2D eigenvalue weighted by atomic mass is 10.3. The van der Waals surface area contributed by atoms with E-state index in [1.54, 1.807) is 18.2 Å². The molecule has 0 radical (unpaired) electrons. The van der Waals surface area contributed by atoms with Crippen molar-refractivity contribution >= 4 is 40.6 Å². The van der Waals surface area contributed by atoms with Gasteiger partial charge in [0.05, 0.1) is 21.9 Å². The number of nitrogens with zero attached hydrogens (tertiary/aromatic N) is 3. The second-order valence-electron chi connectivity index (χ2n) is 3.49. The van der Waals surface area contributed by atoms with Crippen LogP contribution in [0.5, 0.6) is 0 Å². The summed E-state index contributed by atoms with van der Waals surface area (Å²) in [5.41, 5.74) is 5.76. The maximum Gasteiger partial charge on any atom is 0.246 e. The monoisotopic (exact) mass is 285 g/mol. The maximum absolute atomic E-state index is 11.7. The van der Waals surface area contributed by atoms with Gasteiger partial charge in [0, 0.05) is 0 Å². The van der Waals surface area contributed by atoms with Gasteiger partial charge in [0.2, 0.25) is 5.91 Å². The van der Waals surface area contributed by atoms with Crippen LogP contribution in [-0.4, -0.2) is 20.9 Å². The Bertz CT molecular complexity index is 563. The minimum Gasteiger partial charge on any atom is -0.381 e. The summed E-state index contributed by atoms with van der Waals surface area (Å²) in [5.74, 6) is -0.0755. The number of carbonyl (C=O) groups is 1. The summed E-state index contributed by atoms with van der Waals surface area (Å²) in [4.78, 5) is 11.7. The third kappa shape index (κ3) is 2.91. The van der Waals surface area contributed by atoms with Crippen LogP contribution >= 0.6 is 23.2 Å². The molecule has 3 N–H and O–H groups in total. The summed E-state index contributed by atoms with van der Waals surface area (Å²) in [6, 6.07) is 4.96. The summed E-state index contributed by atoms with van der Waals surface area (Å²) < 4.78 is 1.31.